The van der Waals surface area contributed by atoms with E-state index in [2.05, 4.69) is 36.5 Å². The topological polar surface area (TPSA) is 30.5 Å². The van der Waals surface area contributed by atoms with Gasteiger partial charge in [0.25, 0.3) is 0 Å². The Morgan fingerprint density at radius 1 is 1.06 bits per heavy atom. The second-order valence-electron chi connectivity index (χ2n) is 4.10. The van der Waals surface area contributed by atoms with Crippen LogP contribution >= 0.6 is 12.4 Å². The number of hydrogen-bond acceptors (Lipinski definition) is 3. The van der Waals surface area contributed by atoms with Crippen LogP contribution < -0.4 is 5.32 Å². The molecule has 3 nitrogen and oxygen atoms in total. The fourth-order valence-electron chi connectivity index (χ4n) is 1.51. The molecule has 1 aromatic rings. The summed E-state index contributed by atoms with van der Waals surface area (Å²) in [6.45, 7) is 5.30. The molecule has 0 spiro atoms. The Kier molecular flexibility index (Phi) is 11.1. The molecule has 1 atom stereocenters. The van der Waals surface area contributed by atoms with Gasteiger partial charge >= 0.3 is 0 Å². The van der Waals surface area contributed by atoms with Gasteiger partial charge in [-0.1, -0.05) is 30.3 Å². The highest BCUT2D eigenvalue weighted by molar-refractivity contribution is 5.85. The van der Waals surface area contributed by atoms with Gasteiger partial charge in [0.1, 0.15) is 0 Å². The molecule has 0 radical (unpaired) electrons. The maximum atomic E-state index is 4.94. The highest BCUT2D eigenvalue weighted by Crippen LogP contribution is 2.01. The second kappa shape index (κ2) is 11.5. The third kappa shape index (κ3) is 8.48. The van der Waals surface area contributed by atoms with Gasteiger partial charge in [0.15, 0.2) is 0 Å². The molecule has 18 heavy (non-hydrogen) atoms. The molecule has 1 fully saturated rings. The fraction of sp³-hybridized carbons (Fsp3) is 0.571. The highest BCUT2D eigenvalue weighted by Gasteiger charge is 1.97. The van der Waals surface area contributed by atoms with Crippen molar-refractivity contribution in [2.75, 3.05) is 33.5 Å². The van der Waals surface area contributed by atoms with Crippen LogP contribution in [0.1, 0.15) is 12.5 Å². The number of hydrogen-bond donors (Lipinski definition) is 1. The fourth-order valence-corrected chi connectivity index (χ4v) is 1.51. The average Bonchev–Trinajstić information content (AvgIpc) is 2.42. The SMILES string of the molecule is C1COCCO1.CN[C@@H](C)Cc1ccccc1.Cl. The molecule has 0 aromatic heterocycles. The Morgan fingerprint density at radius 3 is 1.94 bits per heavy atom. The van der Waals surface area contributed by atoms with Gasteiger partial charge in [-0.3, -0.25) is 0 Å². The molecule has 1 aliphatic heterocycles. The lowest BCUT2D eigenvalue weighted by molar-refractivity contribution is -0.0334. The molecule has 1 saturated heterocycles. The summed E-state index contributed by atoms with van der Waals surface area (Å²) >= 11 is 0. The summed E-state index contributed by atoms with van der Waals surface area (Å²) in [5.41, 5.74) is 1.40. The smallest absolute Gasteiger partial charge is 0.0701 e. The van der Waals surface area contributed by atoms with Crippen molar-refractivity contribution in [3.8, 4) is 0 Å². The average molecular weight is 274 g/mol. The Morgan fingerprint density at radius 2 is 1.56 bits per heavy atom. The third-order valence-corrected chi connectivity index (χ3v) is 2.62. The Labute approximate surface area is 116 Å². The van der Waals surface area contributed by atoms with Crippen LogP contribution in [0.15, 0.2) is 30.3 Å². The lowest BCUT2D eigenvalue weighted by atomic mass is 10.1. The molecule has 0 bridgehead atoms. The van der Waals surface area contributed by atoms with E-state index in [4.69, 9.17) is 9.47 Å². The van der Waals surface area contributed by atoms with Gasteiger partial charge in [0.2, 0.25) is 0 Å². The predicted molar refractivity (Wildman–Crippen MR) is 77.6 cm³/mol. The van der Waals surface area contributed by atoms with Gasteiger partial charge in [-0.25, -0.2) is 0 Å². The molecule has 1 N–H and O–H groups in total. The molecule has 104 valence electrons. The summed E-state index contributed by atoms with van der Waals surface area (Å²) in [6.07, 6.45) is 1.11. The van der Waals surface area contributed by atoms with Crippen LogP contribution in [0.4, 0.5) is 0 Å². The van der Waals surface area contributed by atoms with Gasteiger partial charge in [-0.2, -0.15) is 0 Å². The van der Waals surface area contributed by atoms with Crippen LogP contribution in [0.5, 0.6) is 0 Å². The van der Waals surface area contributed by atoms with E-state index in [1.807, 2.05) is 13.1 Å². The van der Waals surface area contributed by atoms with Crippen LogP contribution in [0, 0.1) is 0 Å². The molecule has 1 heterocycles. The predicted octanol–water partition coefficient (Wildman–Crippen LogP) is 2.29. The molecule has 0 unspecified atom stereocenters. The van der Waals surface area contributed by atoms with Gasteiger partial charge in [0.05, 0.1) is 26.4 Å². The van der Waals surface area contributed by atoms with Crippen molar-refractivity contribution < 1.29 is 9.47 Å². The number of benzene rings is 1. The van der Waals surface area contributed by atoms with Crippen LogP contribution in [-0.2, 0) is 15.9 Å². The zero-order chi connectivity index (χ0) is 12.3. The molecular formula is C14H24ClNO2. The number of likely N-dealkylation sites (N-methyl/N-ethyl adjacent to an activating group) is 1. The minimum atomic E-state index is 0. The summed E-state index contributed by atoms with van der Waals surface area (Å²) in [7, 11) is 1.99. The second-order valence-corrected chi connectivity index (χ2v) is 4.10. The first-order valence-electron chi connectivity index (χ1n) is 6.19. The van der Waals surface area contributed by atoms with E-state index in [0.717, 1.165) is 32.8 Å². The molecule has 1 aliphatic rings. The largest absolute Gasteiger partial charge is 0.377 e. The first kappa shape index (κ1) is 17.4. The van der Waals surface area contributed by atoms with E-state index in [0.29, 0.717) is 6.04 Å². The van der Waals surface area contributed by atoms with E-state index in [1.165, 1.54) is 5.56 Å². The summed E-state index contributed by atoms with van der Waals surface area (Å²) in [5.74, 6) is 0. The summed E-state index contributed by atoms with van der Waals surface area (Å²) in [6, 6.07) is 11.1. The van der Waals surface area contributed by atoms with Crippen LogP contribution in [0.3, 0.4) is 0 Å². The van der Waals surface area contributed by atoms with E-state index in [1.54, 1.807) is 0 Å². The monoisotopic (exact) mass is 273 g/mol. The minimum Gasteiger partial charge on any atom is -0.377 e. The summed E-state index contributed by atoms with van der Waals surface area (Å²) in [4.78, 5) is 0. The van der Waals surface area contributed by atoms with Crippen molar-refractivity contribution in [1.29, 1.82) is 0 Å². The number of halogens is 1. The Bertz CT molecular complexity index is 267. The van der Waals surface area contributed by atoms with Crippen molar-refractivity contribution in [3.05, 3.63) is 35.9 Å². The third-order valence-electron chi connectivity index (χ3n) is 2.62. The number of ether oxygens (including phenoxy) is 2. The lowest BCUT2D eigenvalue weighted by Crippen LogP contribution is -2.23. The number of rotatable bonds is 3. The molecule has 2 rings (SSSR count). The molecule has 0 aliphatic carbocycles. The quantitative estimate of drug-likeness (QED) is 0.917. The van der Waals surface area contributed by atoms with Crippen molar-refractivity contribution in [2.24, 2.45) is 0 Å². The van der Waals surface area contributed by atoms with Crippen molar-refractivity contribution in [2.45, 2.75) is 19.4 Å². The van der Waals surface area contributed by atoms with E-state index in [-0.39, 0.29) is 12.4 Å². The van der Waals surface area contributed by atoms with Crippen LogP contribution in [-0.4, -0.2) is 39.5 Å². The standard InChI is InChI=1S/C10H15N.C4H8O2.ClH/c1-9(11-2)8-10-6-4-3-5-7-10;1-2-6-4-3-5-1;/h3-7,9,11H,8H2,1-2H3;1-4H2;1H/t9-;;/m0../s1. The summed E-state index contributed by atoms with van der Waals surface area (Å²) < 4.78 is 9.89. The van der Waals surface area contributed by atoms with Crippen LogP contribution in [0.25, 0.3) is 0 Å². The van der Waals surface area contributed by atoms with Crippen LogP contribution in [0.2, 0.25) is 0 Å². The zero-order valence-electron chi connectivity index (χ0n) is 11.2. The minimum absolute atomic E-state index is 0. The van der Waals surface area contributed by atoms with Crippen molar-refractivity contribution in [3.63, 3.8) is 0 Å². The Hall–Kier alpha value is -0.610. The molecule has 4 heteroatoms. The normalized spacial score (nSPS) is 15.9. The van der Waals surface area contributed by atoms with Gasteiger partial charge in [-0.15, -0.1) is 12.4 Å². The van der Waals surface area contributed by atoms with E-state index in [9.17, 15) is 0 Å². The summed E-state index contributed by atoms with van der Waals surface area (Å²) in [5, 5.41) is 3.21. The Balaban J connectivity index is 0.000000352. The lowest BCUT2D eigenvalue weighted by Gasteiger charge is -2.09. The maximum Gasteiger partial charge on any atom is 0.0701 e. The van der Waals surface area contributed by atoms with Crippen molar-refractivity contribution in [1.82, 2.24) is 5.32 Å². The first-order chi connectivity index (χ1) is 8.33. The molecule has 1 aromatic carbocycles. The highest BCUT2D eigenvalue weighted by atomic mass is 35.5. The van der Waals surface area contributed by atoms with Gasteiger partial charge in [-0.05, 0) is 26.0 Å². The van der Waals surface area contributed by atoms with Gasteiger partial charge < -0.3 is 14.8 Å². The van der Waals surface area contributed by atoms with Gasteiger partial charge in [0, 0.05) is 6.04 Å². The molecule has 0 amide bonds. The van der Waals surface area contributed by atoms with E-state index >= 15 is 0 Å². The first-order valence-corrected chi connectivity index (χ1v) is 6.19. The zero-order valence-corrected chi connectivity index (χ0v) is 12.0. The maximum absolute atomic E-state index is 4.94. The van der Waals surface area contributed by atoms with E-state index < -0.39 is 0 Å². The molecular weight excluding hydrogens is 250 g/mol. The molecule has 0 saturated carbocycles. The van der Waals surface area contributed by atoms with Crippen molar-refractivity contribution >= 4 is 12.4 Å². The number of nitrogens with one attached hydrogen (secondary N) is 1.